The van der Waals surface area contributed by atoms with Gasteiger partial charge in [-0.3, -0.25) is 4.79 Å². The minimum atomic E-state index is -0.0134. The molecule has 1 saturated carbocycles. The summed E-state index contributed by atoms with van der Waals surface area (Å²) in [6.07, 6.45) is 2.48. The average molecular weight is 307 g/mol. The number of hydrogen-bond acceptors (Lipinski definition) is 3. The summed E-state index contributed by atoms with van der Waals surface area (Å²) in [6.45, 7) is 0. The van der Waals surface area contributed by atoms with Crippen LogP contribution in [0.2, 0.25) is 0 Å². The van der Waals surface area contributed by atoms with Gasteiger partial charge in [0.2, 0.25) is 5.91 Å². The monoisotopic (exact) mass is 307 g/mol. The third-order valence-corrected chi connectivity index (χ3v) is 4.37. The normalized spacial score (nSPS) is 19.5. The van der Waals surface area contributed by atoms with Gasteiger partial charge >= 0.3 is 0 Å². The van der Waals surface area contributed by atoms with Gasteiger partial charge in [0.25, 0.3) is 0 Å². The van der Waals surface area contributed by atoms with Gasteiger partial charge in [-0.25, -0.2) is 4.98 Å². The smallest absolute Gasteiger partial charge is 0.228 e. The van der Waals surface area contributed by atoms with Crippen molar-refractivity contribution >= 4 is 22.6 Å². The minimum absolute atomic E-state index is 0.0134. The molecule has 1 amide bonds. The molecule has 5 nitrogen and oxygen atoms in total. The van der Waals surface area contributed by atoms with Crippen molar-refractivity contribution in [2.75, 3.05) is 12.4 Å². The van der Waals surface area contributed by atoms with Crippen LogP contribution in [0.4, 0.5) is 5.69 Å². The predicted octanol–water partition coefficient (Wildman–Crippen LogP) is 3.31. The molecule has 5 heteroatoms. The van der Waals surface area contributed by atoms with E-state index in [9.17, 15) is 4.79 Å². The number of aromatic amines is 1. The number of ether oxygens (including phenoxy) is 1. The van der Waals surface area contributed by atoms with Gasteiger partial charge in [0.1, 0.15) is 11.3 Å². The number of fused-ring (bicyclic) bond motifs is 1. The van der Waals surface area contributed by atoms with Crippen LogP contribution in [0.25, 0.3) is 11.0 Å². The van der Waals surface area contributed by atoms with Crippen molar-refractivity contribution in [3.8, 4) is 5.75 Å². The molecule has 0 radical (unpaired) electrons. The summed E-state index contributed by atoms with van der Waals surface area (Å²) in [4.78, 5) is 19.8. The lowest BCUT2D eigenvalue weighted by Crippen LogP contribution is -2.15. The van der Waals surface area contributed by atoms with Crippen LogP contribution in [0.3, 0.4) is 0 Å². The third-order valence-electron chi connectivity index (χ3n) is 4.37. The third kappa shape index (κ3) is 2.44. The number of carbonyl (C=O) groups excluding carboxylic acids is 1. The lowest BCUT2D eigenvalue weighted by atomic mass is 10.1. The number of anilines is 1. The Hall–Kier alpha value is -2.82. The van der Waals surface area contributed by atoms with Gasteiger partial charge in [0.05, 0.1) is 24.6 Å². The minimum Gasteiger partial charge on any atom is -0.496 e. The first-order valence-corrected chi connectivity index (χ1v) is 7.64. The number of methoxy groups -OCH3 is 1. The number of nitrogens with one attached hydrogen (secondary N) is 2. The zero-order valence-electron chi connectivity index (χ0n) is 12.7. The van der Waals surface area contributed by atoms with Crippen LogP contribution < -0.4 is 10.1 Å². The molecule has 0 bridgehead atoms. The number of hydrogen-bond donors (Lipinski definition) is 2. The maximum atomic E-state index is 12.5. The largest absolute Gasteiger partial charge is 0.496 e. The molecular formula is C18H17N3O2. The summed E-state index contributed by atoms with van der Waals surface area (Å²) in [7, 11) is 1.66. The maximum Gasteiger partial charge on any atom is 0.228 e. The highest BCUT2D eigenvalue weighted by atomic mass is 16.5. The van der Waals surface area contributed by atoms with E-state index in [1.807, 2.05) is 42.5 Å². The van der Waals surface area contributed by atoms with E-state index >= 15 is 0 Å². The molecule has 2 N–H and O–H groups in total. The lowest BCUT2D eigenvalue weighted by molar-refractivity contribution is -0.117. The van der Waals surface area contributed by atoms with Crippen molar-refractivity contribution < 1.29 is 9.53 Å². The molecule has 2 aromatic carbocycles. The number of amides is 1. The first-order chi connectivity index (χ1) is 11.3. The predicted molar refractivity (Wildman–Crippen MR) is 88.6 cm³/mol. The molecule has 1 heterocycles. The molecular weight excluding hydrogens is 290 g/mol. The molecule has 1 fully saturated rings. The highest BCUT2D eigenvalue weighted by Gasteiger charge is 2.45. The number of carbonyl (C=O) groups is 1. The number of para-hydroxylation sites is 2. The van der Waals surface area contributed by atoms with E-state index in [2.05, 4.69) is 15.3 Å². The number of nitrogens with zero attached hydrogens (tertiary/aromatic N) is 1. The molecule has 4 rings (SSSR count). The van der Waals surface area contributed by atoms with Crippen molar-refractivity contribution in [3.05, 3.63) is 54.4 Å². The van der Waals surface area contributed by atoms with Crippen molar-refractivity contribution in [2.24, 2.45) is 5.92 Å². The van der Waals surface area contributed by atoms with Gasteiger partial charge in [-0.2, -0.15) is 0 Å². The highest BCUT2D eigenvalue weighted by Crippen LogP contribution is 2.50. The number of imidazole rings is 1. The number of aromatic nitrogens is 2. The second-order valence-corrected chi connectivity index (χ2v) is 5.78. The molecule has 1 aliphatic carbocycles. The Labute approximate surface area is 133 Å². The molecule has 3 aromatic rings. The van der Waals surface area contributed by atoms with E-state index in [4.69, 9.17) is 4.74 Å². The van der Waals surface area contributed by atoms with Gasteiger partial charge in [0, 0.05) is 5.92 Å². The average Bonchev–Trinajstić information content (AvgIpc) is 3.24. The van der Waals surface area contributed by atoms with Gasteiger partial charge < -0.3 is 15.0 Å². The fourth-order valence-electron chi connectivity index (χ4n) is 3.09. The molecule has 0 unspecified atom stereocenters. The second-order valence-electron chi connectivity index (χ2n) is 5.78. The fourth-order valence-corrected chi connectivity index (χ4v) is 3.09. The lowest BCUT2D eigenvalue weighted by Gasteiger charge is -2.08. The number of benzene rings is 2. The van der Waals surface area contributed by atoms with Gasteiger partial charge in [-0.1, -0.05) is 24.3 Å². The molecule has 2 atom stereocenters. The summed E-state index contributed by atoms with van der Waals surface area (Å²) in [5.41, 5.74) is 3.56. The van der Waals surface area contributed by atoms with Crippen LogP contribution in [-0.4, -0.2) is 23.0 Å². The Morgan fingerprint density at radius 3 is 3.00 bits per heavy atom. The van der Waals surface area contributed by atoms with Crippen LogP contribution in [0, 0.1) is 5.92 Å². The standard InChI is InChI=1S/C18H17N3O2/c1-23-16-8-3-2-5-11(16)12-9-13(12)18(22)21-15-7-4-6-14-17(15)20-10-19-14/h2-8,10,12-13H,9H2,1H3,(H,19,20)(H,21,22)/t12-,13+/m0/s1. The van der Waals surface area contributed by atoms with Crippen molar-refractivity contribution in [3.63, 3.8) is 0 Å². The van der Waals surface area contributed by atoms with E-state index in [-0.39, 0.29) is 17.7 Å². The fraction of sp³-hybridized carbons (Fsp3) is 0.222. The second kappa shape index (κ2) is 5.43. The Balaban J connectivity index is 1.52. The SMILES string of the molecule is COc1ccccc1[C@@H]1C[C@H]1C(=O)Nc1cccc2[nH]cnc12. The zero-order valence-corrected chi connectivity index (χ0v) is 12.7. The maximum absolute atomic E-state index is 12.5. The number of H-pyrrole nitrogens is 1. The Morgan fingerprint density at radius 2 is 2.13 bits per heavy atom. The molecule has 0 saturated heterocycles. The quantitative estimate of drug-likeness (QED) is 0.777. The Bertz CT molecular complexity index is 871. The number of rotatable bonds is 4. The van der Waals surface area contributed by atoms with E-state index < -0.39 is 0 Å². The van der Waals surface area contributed by atoms with Gasteiger partial charge in [-0.15, -0.1) is 0 Å². The molecule has 1 aromatic heterocycles. The van der Waals surface area contributed by atoms with Crippen molar-refractivity contribution in [1.29, 1.82) is 0 Å². The summed E-state index contributed by atoms with van der Waals surface area (Å²) in [6, 6.07) is 13.6. The first-order valence-electron chi connectivity index (χ1n) is 7.64. The molecule has 23 heavy (non-hydrogen) atoms. The Morgan fingerprint density at radius 1 is 1.26 bits per heavy atom. The molecule has 116 valence electrons. The van der Waals surface area contributed by atoms with Crippen LogP contribution in [0.5, 0.6) is 5.75 Å². The van der Waals surface area contributed by atoms with Crippen molar-refractivity contribution in [2.45, 2.75) is 12.3 Å². The van der Waals surface area contributed by atoms with Crippen LogP contribution in [0.15, 0.2) is 48.8 Å². The van der Waals surface area contributed by atoms with Gasteiger partial charge in [-0.05, 0) is 36.1 Å². The van der Waals surface area contributed by atoms with Crippen LogP contribution in [0.1, 0.15) is 17.9 Å². The summed E-state index contributed by atoms with van der Waals surface area (Å²) in [5.74, 6) is 1.10. The first kappa shape index (κ1) is 13.8. The highest BCUT2D eigenvalue weighted by molar-refractivity contribution is 6.01. The zero-order chi connectivity index (χ0) is 15.8. The van der Waals surface area contributed by atoms with E-state index in [0.29, 0.717) is 0 Å². The van der Waals surface area contributed by atoms with E-state index in [1.165, 1.54) is 0 Å². The molecule has 0 spiro atoms. The molecule has 0 aliphatic heterocycles. The topological polar surface area (TPSA) is 67.0 Å². The van der Waals surface area contributed by atoms with Crippen LogP contribution in [-0.2, 0) is 4.79 Å². The Kier molecular flexibility index (Phi) is 3.26. The summed E-state index contributed by atoms with van der Waals surface area (Å²) < 4.78 is 5.39. The summed E-state index contributed by atoms with van der Waals surface area (Å²) in [5, 5.41) is 3.01. The van der Waals surface area contributed by atoms with Crippen LogP contribution >= 0.6 is 0 Å². The molecule has 1 aliphatic rings. The van der Waals surface area contributed by atoms with Gasteiger partial charge in [0.15, 0.2) is 0 Å². The summed E-state index contributed by atoms with van der Waals surface area (Å²) >= 11 is 0. The van der Waals surface area contributed by atoms with E-state index in [1.54, 1.807) is 13.4 Å². The van der Waals surface area contributed by atoms with E-state index in [0.717, 1.165) is 34.5 Å². The van der Waals surface area contributed by atoms with Crippen molar-refractivity contribution in [1.82, 2.24) is 9.97 Å².